The van der Waals surface area contributed by atoms with E-state index >= 15 is 0 Å². The molecule has 1 atom stereocenters. The SMILES string of the molecule is C[S@](=O)Cc1cccc(C(=O)OCc2cn3cc(Cl)ccc3n2)c1. The van der Waals surface area contributed by atoms with Crippen molar-refractivity contribution in [1.29, 1.82) is 0 Å². The summed E-state index contributed by atoms with van der Waals surface area (Å²) in [6.45, 7) is 0.0715. The van der Waals surface area contributed by atoms with Gasteiger partial charge in [0.2, 0.25) is 0 Å². The molecular formula is C17H15ClN2O3S. The molecule has 24 heavy (non-hydrogen) atoms. The number of benzene rings is 1. The lowest BCUT2D eigenvalue weighted by Crippen LogP contribution is -2.06. The zero-order valence-corrected chi connectivity index (χ0v) is 14.5. The van der Waals surface area contributed by atoms with Gasteiger partial charge in [-0.25, -0.2) is 9.78 Å². The molecule has 0 saturated carbocycles. The highest BCUT2D eigenvalue weighted by Gasteiger charge is 2.10. The van der Waals surface area contributed by atoms with Gasteiger partial charge in [-0.1, -0.05) is 23.7 Å². The summed E-state index contributed by atoms with van der Waals surface area (Å²) in [7, 11) is -0.958. The molecular weight excluding hydrogens is 348 g/mol. The van der Waals surface area contributed by atoms with Crippen molar-refractivity contribution < 1.29 is 13.7 Å². The molecule has 1 aromatic carbocycles. The van der Waals surface area contributed by atoms with Crippen LogP contribution in [0, 0.1) is 0 Å². The molecule has 0 aliphatic heterocycles. The first-order chi connectivity index (χ1) is 11.5. The van der Waals surface area contributed by atoms with Gasteiger partial charge in [-0.15, -0.1) is 0 Å². The summed E-state index contributed by atoms with van der Waals surface area (Å²) in [4.78, 5) is 16.5. The van der Waals surface area contributed by atoms with Crippen LogP contribution in [-0.2, 0) is 27.9 Å². The van der Waals surface area contributed by atoms with E-state index in [2.05, 4.69) is 4.98 Å². The molecule has 0 aliphatic rings. The topological polar surface area (TPSA) is 60.7 Å². The number of hydrogen-bond donors (Lipinski definition) is 0. The van der Waals surface area contributed by atoms with Gasteiger partial charge in [0.1, 0.15) is 12.3 Å². The molecule has 0 amide bonds. The van der Waals surface area contributed by atoms with E-state index in [0.717, 1.165) is 11.2 Å². The maximum atomic E-state index is 12.2. The van der Waals surface area contributed by atoms with E-state index in [4.69, 9.17) is 16.3 Å². The molecule has 0 aliphatic carbocycles. The Morgan fingerprint density at radius 2 is 2.12 bits per heavy atom. The van der Waals surface area contributed by atoms with Crippen molar-refractivity contribution in [3.8, 4) is 0 Å². The minimum Gasteiger partial charge on any atom is -0.456 e. The van der Waals surface area contributed by atoms with Crippen molar-refractivity contribution in [3.05, 3.63) is 70.6 Å². The Bertz CT molecular complexity index is 923. The van der Waals surface area contributed by atoms with Gasteiger partial charge in [0.15, 0.2) is 0 Å². The number of carbonyl (C=O) groups is 1. The number of nitrogens with zero attached hydrogens (tertiary/aromatic N) is 2. The summed E-state index contributed by atoms with van der Waals surface area (Å²) in [6, 6.07) is 10.5. The zero-order chi connectivity index (χ0) is 17.1. The summed E-state index contributed by atoms with van der Waals surface area (Å²) in [5, 5.41) is 0.605. The Morgan fingerprint density at radius 1 is 1.29 bits per heavy atom. The third-order valence-corrected chi connectivity index (χ3v) is 4.31. The molecule has 0 spiro atoms. The Hall–Kier alpha value is -2.18. The molecule has 0 bridgehead atoms. The molecule has 3 rings (SSSR count). The number of imidazole rings is 1. The van der Waals surface area contributed by atoms with Crippen molar-refractivity contribution in [2.24, 2.45) is 0 Å². The van der Waals surface area contributed by atoms with E-state index in [1.165, 1.54) is 0 Å². The van der Waals surface area contributed by atoms with E-state index < -0.39 is 16.8 Å². The van der Waals surface area contributed by atoms with E-state index in [0.29, 0.717) is 22.0 Å². The summed E-state index contributed by atoms with van der Waals surface area (Å²) in [5.41, 5.74) is 2.65. The van der Waals surface area contributed by atoms with Crippen LogP contribution in [0.3, 0.4) is 0 Å². The largest absolute Gasteiger partial charge is 0.456 e. The Kier molecular flexibility index (Phi) is 4.97. The second-order valence-corrected chi connectivity index (χ2v) is 7.21. The molecule has 2 heterocycles. The Balaban J connectivity index is 1.69. The third kappa shape index (κ3) is 4.01. The number of ether oxygens (including phenoxy) is 1. The third-order valence-electron chi connectivity index (χ3n) is 3.35. The van der Waals surface area contributed by atoms with E-state index in [1.54, 1.807) is 53.4 Å². The maximum absolute atomic E-state index is 12.2. The van der Waals surface area contributed by atoms with Crippen molar-refractivity contribution in [1.82, 2.24) is 9.38 Å². The number of halogens is 1. The second kappa shape index (κ2) is 7.15. The lowest BCUT2D eigenvalue weighted by molar-refractivity contribution is 0.0468. The standard InChI is InChI=1S/C17H15ClN2O3S/c1-24(22)11-12-3-2-4-13(7-12)17(21)23-10-15-9-20-8-14(18)5-6-16(20)19-15/h2-9H,10-11H2,1H3/t24-/m0/s1. The van der Waals surface area contributed by atoms with Crippen molar-refractivity contribution in [3.63, 3.8) is 0 Å². The van der Waals surface area contributed by atoms with Gasteiger partial charge < -0.3 is 9.14 Å². The zero-order valence-electron chi connectivity index (χ0n) is 12.9. The predicted octanol–water partition coefficient (Wildman–Crippen LogP) is 3.22. The molecule has 0 saturated heterocycles. The number of esters is 1. The molecule has 5 nitrogen and oxygen atoms in total. The maximum Gasteiger partial charge on any atom is 0.338 e. The Morgan fingerprint density at radius 3 is 2.92 bits per heavy atom. The number of rotatable bonds is 5. The lowest BCUT2D eigenvalue weighted by Gasteiger charge is -2.05. The van der Waals surface area contributed by atoms with Gasteiger partial charge in [-0.2, -0.15) is 0 Å². The minimum absolute atomic E-state index is 0.0715. The number of fused-ring (bicyclic) bond motifs is 1. The van der Waals surface area contributed by atoms with Crippen LogP contribution < -0.4 is 0 Å². The van der Waals surface area contributed by atoms with Crippen molar-refractivity contribution in [2.75, 3.05) is 6.26 Å². The monoisotopic (exact) mass is 362 g/mol. The van der Waals surface area contributed by atoms with E-state index in [-0.39, 0.29) is 6.61 Å². The highest BCUT2D eigenvalue weighted by molar-refractivity contribution is 7.83. The van der Waals surface area contributed by atoms with Crippen LogP contribution in [0.1, 0.15) is 21.6 Å². The molecule has 2 aromatic heterocycles. The van der Waals surface area contributed by atoms with Crippen LogP contribution in [0.25, 0.3) is 5.65 Å². The summed E-state index contributed by atoms with van der Waals surface area (Å²) in [6.07, 6.45) is 5.13. The molecule has 0 N–H and O–H groups in total. The lowest BCUT2D eigenvalue weighted by atomic mass is 10.1. The first-order valence-corrected chi connectivity index (χ1v) is 9.31. The Labute approximate surface area is 146 Å². The average Bonchev–Trinajstić information content (AvgIpc) is 2.94. The van der Waals surface area contributed by atoms with E-state index in [9.17, 15) is 9.00 Å². The quantitative estimate of drug-likeness (QED) is 0.654. The smallest absolute Gasteiger partial charge is 0.338 e. The minimum atomic E-state index is -0.958. The fourth-order valence-electron chi connectivity index (χ4n) is 2.33. The molecule has 7 heteroatoms. The number of hydrogen-bond acceptors (Lipinski definition) is 4. The molecule has 0 radical (unpaired) electrons. The highest BCUT2D eigenvalue weighted by atomic mass is 35.5. The number of carbonyl (C=O) groups excluding carboxylic acids is 1. The fourth-order valence-corrected chi connectivity index (χ4v) is 3.15. The van der Waals surface area contributed by atoms with Crippen molar-refractivity contribution in [2.45, 2.75) is 12.4 Å². The van der Waals surface area contributed by atoms with E-state index in [1.807, 2.05) is 6.07 Å². The van der Waals surface area contributed by atoms with Crippen LogP contribution in [0.2, 0.25) is 5.02 Å². The molecule has 124 valence electrons. The number of pyridine rings is 1. The van der Waals surface area contributed by atoms with Crippen LogP contribution in [0.15, 0.2) is 48.8 Å². The van der Waals surface area contributed by atoms with Gasteiger partial charge in [-0.05, 0) is 29.8 Å². The average molecular weight is 363 g/mol. The first-order valence-electron chi connectivity index (χ1n) is 7.20. The van der Waals surface area contributed by atoms with Gasteiger partial charge in [-0.3, -0.25) is 4.21 Å². The number of aromatic nitrogens is 2. The summed E-state index contributed by atoms with van der Waals surface area (Å²) < 4.78 is 18.4. The van der Waals surface area contributed by atoms with Gasteiger partial charge >= 0.3 is 5.97 Å². The molecule has 3 aromatic rings. The van der Waals surface area contributed by atoms with Crippen LogP contribution in [-0.4, -0.2) is 25.8 Å². The first kappa shape index (κ1) is 16.7. The fraction of sp³-hybridized carbons (Fsp3) is 0.176. The van der Waals surface area contributed by atoms with Crippen LogP contribution in [0.5, 0.6) is 0 Å². The van der Waals surface area contributed by atoms with Crippen LogP contribution in [0.4, 0.5) is 0 Å². The van der Waals surface area contributed by atoms with Gasteiger partial charge in [0, 0.05) is 35.2 Å². The van der Waals surface area contributed by atoms with Gasteiger partial charge in [0.05, 0.1) is 16.3 Å². The normalized spacial score (nSPS) is 12.2. The molecule has 0 unspecified atom stereocenters. The van der Waals surface area contributed by atoms with Crippen LogP contribution >= 0.6 is 11.6 Å². The van der Waals surface area contributed by atoms with Crippen molar-refractivity contribution >= 4 is 34.0 Å². The summed E-state index contributed by atoms with van der Waals surface area (Å²) in [5.74, 6) is -0.0252. The highest BCUT2D eigenvalue weighted by Crippen LogP contribution is 2.13. The second-order valence-electron chi connectivity index (χ2n) is 5.34. The predicted molar refractivity (Wildman–Crippen MR) is 93.5 cm³/mol. The van der Waals surface area contributed by atoms with Gasteiger partial charge in [0.25, 0.3) is 0 Å². The molecule has 0 fully saturated rings. The summed E-state index contributed by atoms with van der Waals surface area (Å²) >= 11 is 5.93.